The number of halogens is 3. The summed E-state index contributed by atoms with van der Waals surface area (Å²) in [6, 6.07) is 3.07. The summed E-state index contributed by atoms with van der Waals surface area (Å²) in [6.07, 6.45) is 0. The first-order valence-corrected chi connectivity index (χ1v) is 5.14. The van der Waals surface area contributed by atoms with Crippen LogP contribution in [0.15, 0.2) is 12.1 Å². The maximum atomic E-state index is 13.0. The van der Waals surface area contributed by atoms with Crippen molar-refractivity contribution >= 4 is 28.9 Å². The zero-order chi connectivity index (χ0) is 10.7. The summed E-state index contributed by atoms with van der Waals surface area (Å²) in [5.74, 6) is -0.0546. The van der Waals surface area contributed by atoms with Crippen molar-refractivity contribution in [3.05, 3.63) is 28.0 Å². The van der Waals surface area contributed by atoms with E-state index >= 15 is 0 Å². The quantitative estimate of drug-likeness (QED) is 0.775. The number of hydrogen-bond acceptors (Lipinski definition) is 1. The van der Waals surface area contributed by atoms with Gasteiger partial charge in [0.2, 0.25) is 0 Å². The topological polar surface area (TPSA) is 12.0 Å². The highest BCUT2D eigenvalue weighted by molar-refractivity contribution is 6.35. The van der Waals surface area contributed by atoms with Gasteiger partial charge in [-0.05, 0) is 18.1 Å². The van der Waals surface area contributed by atoms with E-state index in [1.54, 1.807) is 0 Å². The highest BCUT2D eigenvalue weighted by Gasteiger charge is 2.07. The van der Waals surface area contributed by atoms with Gasteiger partial charge in [0.1, 0.15) is 0 Å². The van der Waals surface area contributed by atoms with Crippen molar-refractivity contribution in [2.75, 3.05) is 11.9 Å². The summed E-state index contributed by atoms with van der Waals surface area (Å²) in [7, 11) is 0. The fraction of sp³-hybridized carbons (Fsp3) is 0.400. The van der Waals surface area contributed by atoms with E-state index in [1.807, 2.05) is 0 Å². The lowest BCUT2D eigenvalue weighted by atomic mass is 10.2. The lowest BCUT2D eigenvalue weighted by Gasteiger charge is -2.10. The molecular weight excluding hydrogens is 224 g/mol. The molecule has 0 fully saturated rings. The Bertz CT molecular complexity index is 303. The highest BCUT2D eigenvalue weighted by atomic mass is 35.5. The lowest BCUT2D eigenvalue weighted by Crippen LogP contribution is -2.07. The monoisotopic (exact) mass is 235 g/mol. The van der Waals surface area contributed by atoms with Gasteiger partial charge in [0, 0.05) is 12.2 Å². The molecule has 1 aromatic rings. The maximum Gasteiger partial charge on any atom is 0.160 e. The average Bonchev–Trinajstić information content (AvgIpc) is 2.10. The Morgan fingerprint density at radius 1 is 1.29 bits per heavy atom. The molecule has 1 rings (SSSR count). The van der Waals surface area contributed by atoms with E-state index in [1.165, 1.54) is 12.1 Å². The van der Waals surface area contributed by atoms with Gasteiger partial charge >= 0.3 is 0 Å². The van der Waals surface area contributed by atoms with Crippen molar-refractivity contribution in [1.82, 2.24) is 0 Å². The molecule has 0 amide bonds. The Kier molecular flexibility index (Phi) is 4.02. The number of hydrogen-bond donors (Lipinski definition) is 1. The second-order valence-electron chi connectivity index (χ2n) is 3.53. The summed E-state index contributed by atoms with van der Waals surface area (Å²) in [5, 5.41) is 3.21. The molecule has 78 valence electrons. The molecule has 0 saturated carbocycles. The summed E-state index contributed by atoms with van der Waals surface area (Å²) < 4.78 is 13.0. The molecule has 1 nitrogen and oxygen atoms in total. The molecule has 1 N–H and O–H groups in total. The molecule has 0 spiro atoms. The Morgan fingerprint density at radius 2 is 1.79 bits per heavy atom. The van der Waals surface area contributed by atoms with E-state index in [9.17, 15) is 4.39 Å². The van der Waals surface area contributed by atoms with E-state index in [0.29, 0.717) is 5.92 Å². The standard InChI is InChI=1S/C10H12Cl2FN/c1-6(2)5-14-7-3-8(11)10(13)9(12)4-7/h3-4,6,14H,5H2,1-2H3. The molecule has 0 saturated heterocycles. The van der Waals surface area contributed by atoms with Gasteiger partial charge in [0.05, 0.1) is 10.0 Å². The fourth-order valence-corrected chi connectivity index (χ4v) is 1.47. The van der Waals surface area contributed by atoms with Gasteiger partial charge in [0.25, 0.3) is 0 Å². The Balaban J connectivity index is 2.79. The summed E-state index contributed by atoms with van der Waals surface area (Å²) >= 11 is 11.3. The van der Waals surface area contributed by atoms with E-state index in [2.05, 4.69) is 19.2 Å². The number of anilines is 1. The molecule has 0 aliphatic heterocycles. The van der Waals surface area contributed by atoms with Crippen LogP contribution in [0.3, 0.4) is 0 Å². The first-order chi connectivity index (χ1) is 6.50. The highest BCUT2D eigenvalue weighted by Crippen LogP contribution is 2.27. The van der Waals surface area contributed by atoms with E-state index in [4.69, 9.17) is 23.2 Å². The molecule has 1 aromatic carbocycles. The van der Waals surface area contributed by atoms with Crippen molar-refractivity contribution in [2.45, 2.75) is 13.8 Å². The third-order valence-corrected chi connectivity index (χ3v) is 2.25. The predicted octanol–water partition coefficient (Wildman–Crippen LogP) is 4.20. The van der Waals surface area contributed by atoms with Gasteiger partial charge in [-0.25, -0.2) is 4.39 Å². The number of benzene rings is 1. The lowest BCUT2D eigenvalue weighted by molar-refractivity contribution is 0.628. The minimum atomic E-state index is -0.566. The van der Waals surface area contributed by atoms with Gasteiger partial charge in [0.15, 0.2) is 5.82 Å². The third kappa shape index (κ3) is 3.03. The molecule has 0 radical (unpaired) electrons. The SMILES string of the molecule is CC(C)CNc1cc(Cl)c(F)c(Cl)c1. The zero-order valence-electron chi connectivity index (χ0n) is 8.07. The molecule has 0 aromatic heterocycles. The minimum Gasteiger partial charge on any atom is -0.385 e. The predicted molar refractivity (Wildman–Crippen MR) is 59.7 cm³/mol. The minimum absolute atomic E-state index is 0.0451. The van der Waals surface area contributed by atoms with E-state index in [-0.39, 0.29) is 10.0 Å². The van der Waals surface area contributed by atoms with Crippen molar-refractivity contribution < 1.29 is 4.39 Å². The van der Waals surface area contributed by atoms with Crippen LogP contribution < -0.4 is 5.32 Å². The summed E-state index contributed by atoms with van der Waals surface area (Å²) in [5.41, 5.74) is 0.745. The first kappa shape index (κ1) is 11.6. The van der Waals surface area contributed by atoms with Gasteiger partial charge in [-0.2, -0.15) is 0 Å². The number of rotatable bonds is 3. The van der Waals surface area contributed by atoms with Gasteiger partial charge in [-0.1, -0.05) is 37.0 Å². The van der Waals surface area contributed by atoms with Crippen LogP contribution in [0.5, 0.6) is 0 Å². The van der Waals surface area contributed by atoms with Gasteiger partial charge in [-0.3, -0.25) is 0 Å². The summed E-state index contributed by atoms with van der Waals surface area (Å²) in [6.45, 7) is 4.97. The van der Waals surface area contributed by atoms with Gasteiger partial charge in [-0.15, -0.1) is 0 Å². The largest absolute Gasteiger partial charge is 0.385 e. The Labute approximate surface area is 93.2 Å². The Morgan fingerprint density at radius 3 is 2.21 bits per heavy atom. The smallest absolute Gasteiger partial charge is 0.160 e. The van der Waals surface area contributed by atoms with Crippen LogP contribution in [0.2, 0.25) is 10.0 Å². The average molecular weight is 236 g/mol. The third-order valence-electron chi connectivity index (χ3n) is 1.70. The Hall–Kier alpha value is -0.470. The molecular formula is C10H12Cl2FN. The van der Waals surface area contributed by atoms with Crippen LogP contribution in [0, 0.1) is 11.7 Å². The van der Waals surface area contributed by atoms with Crippen LogP contribution in [0.25, 0.3) is 0 Å². The zero-order valence-corrected chi connectivity index (χ0v) is 9.58. The van der Waals surface area contributed by atoms with E-state index in [0.717, 1.165) is 12.2 Å². The molecule has 14 heavy (non-hydrogen) atoms. The first-order valence-electron chi connectivity index (χ1n) is 4.39. The second-order valence-corrected chi connectivity index (χ2v) is 4.34. The number of nitrogens with one attached hydrogen (secondary N) is 1. The van der Waals surface area contributed by atoms with Crippen LogP contribution in [-0.4, -0.2) is 6.54 Å². The summed E-state index contributed by atoms with van der Waals surface area (Å²) in [4.78, 5) is 0. The molecule has 4 heteroatoms. The van der Waals surface area contributed by atoms with Crippen molar-refractivity contribution in [3.8, 4) is 0 Å². The molecule has 0 aliphatic rings. The molecule has 0 unspecified atom stereocenters. The van der Waals surface area contributed by atoms with Crippen LogP contribution in [0.4, 0.5) is 10.1 Å². The molecule has 0 atom stereocenters. The normalized spacial score (nSPS) is 10.7. The maximum absolute atomic E-state index is 13.0. The second kappa shape index (κ2) is 4.85. The van der Waals surface area contributed by atoms with Crippen LogP contribution in [0.1, 0.15) is 13.8 Å². The van der Waals surface area contributed by atoms with Crippen LogP contribution >= 0.6 is 23.2 Å². The van der Waals surface area contributed by atoms with Crippen molar-refractivity contribution in [3.63, 3.8) is 0 Å². The van der Waals surface area contributed by atoms with Crippen molar-refractivity contribution in [1.29, 1.82) is 0 Å². The van der Waals surface area contributed by atoms with E-state index < -0.39 is 5.82 Å². The van der Waals surface area contributed by atoms with Gasteiger partial charge < -0.3 is 5.32 Å². The fourth-order valence-electron chi connectivity index (χ4n) is 0.980. The van der Waals surface area contributed by atoms with Crippen molar-refractivity contribution in [2.24, 2.45) is 5.92 Å². The molecule has 0 bridgehead atoms. The molecule has 0 heterocycles. The van der Waals surface area contributed by atoms with Crippen LogP contribution in [-0.2, 0) is 0 Å². The molecule has 0 aliphatic carbocycles.